The van der Waals surface area contributed by atoms with E-state index < -0.39 is 0 Å². The van der Waals surface area contributed by atoms with Crippen LogP contribution in [0.5, 0.6) is 0 Å². The minimum atomic E-state index is -0.175. The van der Waals surface area contributed by atoms with E-state index in [1.807, 2.05) is 22.9 Å². The molecule has 0 radical (unpaired) electrons. The predicted molar refractivity (Wildman–Crippen MR) is 98.7 cm³/mol. The number of aromatic amines is 1. The van der Waals surface area contributed by atoms with Gasteiger partial charge in [0.15, 0.2) is 5.78 Å². The van der Waals surface area contributed by atoms with Gasteiger partial charge < -0.3 is 10.7 Å². The van der Waals surface area contributed by atoms with E-state index in [1.165, 1.54) is 0 Å². The van der Waals surface area contributed by atoms with Crippen molar-refractivity contribution in [1.82, 2.24) is 9.97 Å². The number of carbonyl (C=O) groups is 1. The lowest BCUT2D eigenvalue weighted by Gasteiger charge is -2.07. The lowest BCUT2D eigenvalue weighted by Crippen LogP contribution is -2.05. The van der Waals surface area contributed by atoms with E-state index in [0.29, 0.717) is 27.5 Å². The summed E-state index contributed by atoms with van der Waals surface area (Å²) < 4.78 is 0. The van der Waals surface area contributed by atoms with Gasteiger partial charge in [-0.15, -0.1) is 0 Å². The molecule has 4 nitrogen and oxygen atoms in total. The monoisotopic (exact) mass is 353 g/mol. The highest BCUT2D eigenvalue weighted by molar-refractivity contribution is 7.08. The second kappa shape index (κ2) is 5.78. The van der Waals surface area contributed by atoms with E-state index in [1.54, 1.807) is 41.9 Å². The largest absolute Gasteiger partial charge is 0.397 e. The van der Waals surface area contributed by atoms with Crippen LogP contribution in [0.2, 0.25) is 5.02 Å². The van der Waals surface area contributed by atoms with Crippen molar-refractivity contribution >= 4 is 45.4 Å². The number of anilines is 1. The van der Waals surface area contributed by atoms with Crippen LogP contribution in [0.1, 0.15) is 15.9 Å². The van der Waals surface area contributed by atoms with E-state index >= 15 is 0 Å². The minimum Gasteiger partial charge on any atom is -0.397 e. The number of nitrogens with one attached hydrogen (secondary N) is 1. The molecule has 0 unspecified atom stereocenters. The molecule has 0 fully saturated rings. The zero-order valence-corrected chi connectivity index (χ0v) is 14.0. The van der Waals surface area contributed by atoms with E-state index in [9.17, 15) is 4.79 Å². The van der Waals surface area contributed by atoms with Gasteiger partial charge in [0.1, 0.15) is 5.65 Å². The summed E-state index contributed by atoms with van der Waals surface area (Å²) in [4.78, 5) is 20.4. The van der Waals surface area contributed by atoms with Crippen molar-refractivity contribution in [3.8, 4) is 11.1 Å². The molecule has 24 heavy (non-hydrogen) atoms. The molecule has 1 aromatic carbocycles. The van der Waals surface area contributed by atoms with Crippen molar-refractivity contribution < 1.29 is 4.79 Å². The molecule has 0 bridgehead atoms. The van der Waals surface area contributed by atoms with Gasteiger partial charge in [0.2, 0.25) is 0 Å². The Morgan fingerprint density at radius 3 is 2.88 bits per heavy atom. The van der Waals surface area contributed by atoms with Crippen LogP contribution in [0.25, 0.3) is 22.2 Å². The van der Waals surface area contributed by atoms with Crippen molar-refractivity contribution in [3.63, 3.8) is 0 Å². The Hall–Kier alpha value is -2.63. The van der Waals surface area contributed by atoms with Crippen LogP contribution < -0.4 is 5.73 Å². The lowest BCUT2D eigenvalue weighted by atomic mass is 9.98. The van der Waals surface area contributed by atoms with Gasteiger partial charge in [-0.3, -0.25) is 4.79 Å². The summed E-state index contributed by atoms with van der Waals surface area (Å²) in [5.41, 5.74) is 9.90. The van der Waals surface area contributed by atoms with Gasteiger partial charge >= 0.3 is 0 Å². The average molecular weight is 354 g/mol. The summed E-state index contributed by atoms with van der Waals surface area (Å²) in [5, 5.41) is 5.21. The number of thiophene rings is 1. The van der Waals surface area contributed by atoms with Crippen LogP contribution in [0, 0.1) is 0 Å². The number of hydrogen-bond acceptors (Lipinski definition) is 4. The summed E-state index contributed by atoms with van der Waals surface area (Å²) in [6.45, 7) is 0. The third-order valence-electron chi connectivity index (χ3n) is 3.95. The third kappa shape index (κ3) is 2.29. The average Bonchev–Trinajstić information content (AvgIpc) is 3.26. The Morgan fingerprint density at radius 2 is 2.08 bits per heavy atom. The fraction of sp³-hybridized carbons (Fsp3) is 0. The molecule has 0 spiro atoms. The fourth-order valence-electron chi connectivity index (χ4n) is 2.77. The van der Waals surface area contributed by atoms with Crippen LogP contribution in [0.3, 0.4) is 0 Å². The molecule has 6 heteroatoms. The molecule has 3 aromatic heterocycles. The fourth-order valence-corrected chi connectivity index (χ4v) is 3.60. The first-order chi connectivity index (χ1) is 11.7. The van der Waals surface area contributed by atoms with E-state index in [0.717, 1.165) is 16.5 Å². The van der Waals surface area contributed by atoms with Gasteiger partial charge in [-0.2, -0.15) is 11.3 Å². The molecule has 0 atom stereocenters. The van der Waals surface area contributed by atoms with E-state index in [-0.39, 0.29) is 5.78 Å². The van der Waals surface area contributed by atoms with Crippen molar-refractivity contribution in [3.05, 3.63) is 69.6 Å². The summed E-state index contributed by atoms with van der Waals surface area (Å²) >= 11 is 7.66. The maximum absolute atomic E-state index is 13.0. The first-order valence-corrected chi connectivity index (χ1v) is 8.56. The zero-order valence-electron chi connectivity index (χ0n) is 12.4. The number of H-pyrrole nitrogens is 1. The molecule has 118 valence electrons. The molecule has 0 saturated carbocycles. The topological polar surface area (TPSA) is 71.8 Å². The number of nitrogens with two attached hydrogens (primary N) is 1. The number of halogens is 1. The molecule has 0 aliphatic heterocycles. The van der Waals surface area contributed by atoms with E-state index in [4.69, 9.17) is 17.3 Å². The highest BCUT2D eigenvalue weighted by Crippen LogP contribution is 2.33. The van der Waals surface area contributed by atoms with Gasteiger partial charge in [-0.25, -0.2) is 4.98 Å². The number of pyridine rings is 1. The molecular formula is C18H12ClN3OS. The van der Waals surface area contributed by atoms with Crippen molar-refractivity contribution in [1.29, 1.82) is 0 Å². The molecule has 0 aliphatic carbocycles. The Labute approximate surface area is 146 Å². The number of hydrogen-bond donors (Lipinski definition) is 2. The quantitative estimate of drug-likeness (QED) is 0.412. The Kier molecular flexibility index (Phi) is 3.59. The second-order valence-corrected chi connectivity index (χ2v) is 6.51. The smallest absolute Gasteiger partial charge is 0.197 e. The standard InChI is InChI=1S/C18H12ClN3OS/c19-14-3-1-2-12(16(14)20)17(23)13-8-22-18-15(13)11(4-6-21-18)10-5-7-24-9-10/h1-9H,20H2,(H,21,22). The first-order valence-electron chi connectivity index (χ1n) is 7.24. The maximum atomic E-state index is 13.0. The Morgan fingerprint density at radius 1 is 1.21 bits per heavy atom. The van der Waals surface area contributed by atoms with Gasteiger partial charge in [0.25, 0.3) is 0 Å². The number of carbonyl (C=O) groups excluding carboxylic acids is 1. The molecule has 0 aliphatic rings. The molecular weight excluding hydrogens is 342 g/mol. The zero-order chi connectivity index (χ0) is 16.7. The number of nitrogen functional groups attached to an aromatic ring is 1. The molecule has 0 saturated heterocycles. The number of ketones is 1. The number of benzene rings is 1. The summed E-state index contributed by atoms with van der Waals surface area (Å²) in [6, 6.07) is 9.01. The summed E-state index contributed by atoms with van der Waals surface area (Å²) in [6.07, 6.45) is 3.41. The first kappa shape index (κ1) is 14.9. The molecule has 0 amide bonds. The molecule has 3 N–H and O–H groups in total. The van der Waals surface area contributed by atoms with Crippen LogP contribution in [-0.2, 0) is 0 Å². The van der Waals surface area contributed by atoms with Crippen molar-refractivity contribution in [2.45, 2.75) is 0 Å². The lowest BCUT2D eigenvalue weighted by molar-refractivity contribution is 0.104. The van der Waals surface area contributed by atoms with Crippen molar-refractivity contribution in [2.24, 2.45) is 0 Å². The highest BCUT2D eigenvalue weighted by Gasteiger charge is 2.20. The number of fused-ring (bicyclic) bond motifs is 1. The number of rotatable bonds is 3. The maximum Gasteiger partial charge on any atom is 0.197 e. The number of aromatic nitrogens is 2. The van der Waals surface area contributed by atoms with Gasteiger partial charge in [0, 0.05) is 23.3 Å². The Bertz CT molecular complexity index is 1050. The molecule has 3 heterocycles. The minimum absolute atomic E-state index is 0.175. The van der Waals surface area contributed by atoms with Gasteiger partial charge in [-0.05, 0) is 46.2 Å². The number of nitrogens with zero attached hydrogens (tertiary/aromatic N) is 1. The van der Waals surface area contributed by atoms with Gasteiger partial charge in [0.05, 0.1) is 16.3 Å². The van der Waals surface area contributed by atoms with Crippen molar-refractivity contribution in [2.75, 3.05) is 5.73 Å². The van der Waals surface area contributed by atoms with Gasteiger partial charge in [-0.1, -0.05) is 17.7 Å². The molecule has 4 rings (SSSR count). The van der Waals surface area contributed by atoms with Crippen LogP contribution in [0.4, 0.5) is 5.69 Å². The van der Waals surface area contributed by atoms with E-state index in [2.05, 4.69) is 9.97 Å². The summed E-state index contributed by atoms with van der Waals surface area (Å²) in [5.74, 6) is -0.175. The summed E-state index contributed by atoms with van der Waals surface area (Å²) in [7, 11) is 0. The van der Waals surface area contributed by atoms with Crippen LogP contribution >= 0.6 is 22.9 Å². The predicted octanol–water partition coefficient (Wildman–Crippen LogP) is 4.76. The number of para-hydroxylation sites is 1. The van der Waals surface area contributed by atoms with Crippen LogP contribution in [-0.4, -0.2) is 15.8 Å². The third-order valence-corrected chi connectivity index (χ3v) is 4.96. The highest BCUT2D eigenvalue weighted by atomic mass is 35.5. The molecule has 4 aromatic rings. The second-order valence-electron chi connectivity index (χ2n) is 5.33. The Balaban J connectivity index is 1.95. The van der Waals surface area contributed by atoms with Crippen LogP contribution in [0.15, 0.2) is 53.5 Å². The normalized spacial score (nSPS) is 11.0. The SMILES string of the molecule is Nc1c(Cl)cccc1C(=O)c1c[nH]c2nccc(-c3ccsc3)c12.